The third-order valence-electron chi connectivity index (χ3n) is 4.96. The molecule has 4 aromatic carbocycles. The Morgan fingerprint density at radius 2 is 1.37 bits per heavy atom. The van der Waals surface area contributed by atoms with Crippen molar-refractivity contribution in [3.05, 3.63) is 102 Å². The first-order valence-corrected chi connectivity index (χ1v) is 9.72. The monoisotopic (exact) mass is 409 g/mol. The molecule has 2 heteroatoms. The van der Waals surface area contributed by atoms with E-state index in [0.717, 1.165) is 9.99 Å². The summed E-state index contributed by atoms with van der Waals surface area (Å²) in [6.45, 7) is 0. The van der Waals surface area contributed by atoms with Gasteiger partial charge in [0.25, 0.3) is 0 Å². The highest BCUT2D eigenvalue weighted by molar-refractivity contribution is 9.10. The Hall–Kier alpha value is -2.97. The summed E-state index contributed by atoms with van der Waals surface area (Å²) in [5.74, 6) is 0. The molecule has 0 radical (unpaired) electrons. The first-order chi connectivity index (χ1) is 13.3. The van der Waals surface area contributed by atoms with Crippen molar-refractivity contribution in [1.82, 2.24) is 4.98 Å². The normalized spacial score (nSPS) is 11.1. The summed E-state index contributed by atoms with van der Waals surface area (Å²) in [6.07, 6.45) is 1.86. The fourth-order valence-electron chi connectivity index (χ4n) is 3.69. The maximum absolute atomic E-state index is 4.61. The van der Waals surface area contributed by atoms with Crippen molar-refractivity contribution >= 4 is 37.6 Å². The molecule has 0 N–H and O–H groups in total. The van der Waals surface area contributed by atoms with Gasteiger partial charge in [-0.25, -0.2) is 0 Å². The topological polar surface area (TPSA) is 12.9 Å². The van der Waals surface area contributed by atoms with Crippen LogP contribution in [0.25, 0.3) is 43.9 Å². The number of pyridine rings is 1. The van der Waals surface area contributed by atoms with Gasteiger partial charge in [-0.2, -0.15) is 0 Å². The van der Waals surface area contributed by atoms with Crippen LogP contribution in [0.1, 0.15) is 0 Å². The molecule has 0 spiro atoms. The molecule has 0 unspecified atom stereocenters. The molecule has 1 heterocycles. The minimum Gasteiger partial charge on any atom is -0.256 e. The number of hydrogen-bond acceptors (Lipinski definition) is 1. The summed E-state index contributed by atoms with van der Waals surface area (Å²) < 4.78 is 1.09. The molecular formula is C25H16BrN. The fourth-order valence-corrected chi connectivity index (χ4v) is 4.09. The number of benzene rings is 4. The molecule has 0 bridgehead atoms. The Bertz CT molecular complexity index is 1290. The van der Waals surface area contributed by atoms with Gasteiger partial charge in [0.15, 0.2) is 0 Å². The molecule has 0 aliphatic rings. The largest absolute Gasteiger partial charge is 0.256 e. The van der Waals surface area contributed by atoms with E-state index < -0.39 is 0 Å². The van der Waals surface area contributed by atoms with Gasteiger partial charge in [-0.3, -0.25) is 4.98 Å². The van der Waals surface area contributed by atoms with Crippen LogP contribution >= 0.6 is 15.9 Å². The maximum Gasteiger partial charge on any atom is 0.0780 e. The highest BCUT2D eigenvalue weighted by Crippen LogP contribution is 2.34. The van der Waals surface area contributed by atoms with Crippen molar-refractivity contribution in [2.75, 3.05) is 0 Å². The number of aromatic nitrogens is 1. The predicted octanol–water partition coefficient (Wildman–Crippen LogP) is 7.48. The summed E-state index contributed by atoms with van der Waals surface area (Å²) in [5, 5.41) is 3.60. The average Bonchev–Trinajstić information content (AvgIpc) is 2.73. The average molecular weight is 410 g/mol. The summed E-state index contributed by atoms with van der Waals surface area (Å²) in [6, 6.07) is 32.1. The lowest BCUT2D eigenvalue weighted by atomic mass is 9.94. The third kappa shape index (κ3) is 2.92. The number of rotatable bonds is 2. The predicted molar refractivity (Wildman–Crippen MR) is 118 cm³/mol. The second kappa shape index (κ2) is 6.64. The molecule has 0 saturated heterocycles. The van der Waals surface area contributed by atoms with E-state index in [1.54, 1.807) is 0 Å². The first kappa shape index (κ1) is 16.2. The van der Waals surface area contributed by atoms with Crippen molar-refractivity contribution < 1.29 is 0 Å². The van der Waals surface area contributed by atoms with E-state index in [9.17, 15) is 0 Å². The molecule has 128 valence electrons. The van der Waals surface area contributed by atoms with Crippen LogP contribution in [0.5, 0.6) is 0 Å². The van der Waals surface area contributed by atoms with Gasteiger partial charge in [-0.05, 0) is 51.9 Å². The van der Waals surface area contributed by atoms with Crippen LogP contribution in [0.3, 0.4) is 0 Å². The van der Waals surface area contributed by atoms with Crippen molar-refractivity contribution in [1.29, 1.82) is 0 Å². The minimum absolute atomic E-state index is 1.06. The van der Waals surface area contributed by atoms with E-state index in [4.69, 9.17) is 0 Å². The molecule has 0 fully saturated rings. The van der Waals surface area contributed by atoms with Gasteiger partial charge < -0.3 is 0 Å². The van der Waals surface area contributed by atoms with E-state index in [1.807, 2.05) is 12.3 Å². The summed E-state index contributed by atoms with van der Waals surface area (Å²) in [7, 11) is 0. The molecule has 1 aromatic heterocycles. The Balaban J connectivity index is 1.72. The van der Waals surface area contributed by atoms with Gasteiger partial charge in [0.2, 0.25) is 0 Å². The summed E-state index contributed by atoms with van der Waals surface area (Å²) >= 11 is 3.57. The van der Waals surface area contributed by atoms with Crippen molar-refractivity contribution in [3.8, 4) is 22.3 Å². The zero-order valence-corrected chi connectivity index (χ0v) is 16.1. The highest BCUT2D eigenvalue weighted by atomic mass is 79.9. The van der Waals surface area contributed by atoms with Gasteiger partial charge in [0, 0.05) is 21.4 Å². The molecule has 5 aromatic rings. The molecule has 0 aliphatic heterocycles. The minimum atomic E-state index is 1.06. The van der Waals surface area contributed by atoms with Crippen LogP contribution in [-0.4, -0.2) is 4.98 Å². The molecule has 0 aliphatic carbocycles. The number of hydrogen-bond donors (Lipinski definition) is 0. The quantitative estimate of drug-likeness (QED) is 0.275. The second-order valence-corrected chi connectivity index (χ2v) is 7.55. The highest BCUT2D eigenvalue weighted by Gasteiger charge is 2.08. The zero-order valence-electron chi connectivity index (χ0n) is 14.6. The summed E-state index contributed by atoms with van der Waals surface area (Å²) in [5.41, 5.74) is 5.92. The van der Waals surface area contributed by atoms with Crippen LogP contribution in [0, 0.1) is 0 Å². The van der Waals surface area contributed by atoms with Crippen LogP contribution in [0.15, 0.2) is 102 Å². The van der Waals surface area contributed by atoms with E-state index in [-0.39, 0.29) is 0 Å². The van der Waals surface area contributed by atoms with Crippen LogP contribution in [0.2, 0.25) is 0 Å². The molecule has 27 heavy (non-hydrogen) atoms. The van der Waals surface area contributed by atoms with Gasteiger partial charge in [0.05, 0.1) is 5.52 Å². The number of fused-ring (bicyclic) bond motifs is 3. The molecule has 5 rings (SSSR count). The second-order valence-electron chi connectivity index (χ2n) is 6.63. The fraction of sp³-hybridized carbons (Fsp3) is 0. The van der Waals surface area contributed by atoms with Crippen LogP contribution in [-0.2, 0) is 0 Å². The smallest absolute Gasteiger partial charge is 0.0780 e. The first-order valence-electron chi connectivity index (χ1n) is 8.92. The Morgan fingerprint density at radius 3 is 2.26 bits per heavy atom. The standard InChI is InChI=1S/C25H16BrN/c26-21-9-2-6-19(16-21)18-5-1-7-20(15-18)22-10-3-11-24-23(22)13-12-17-8-4-14-27-25(17)24/h1-16H. The van der Waals surface area contributed by atoms with E-state index >= 15 is 0 Å². The Kier molecular flexibility index (Phi) is 3.99. The van der Waals surface area contributed by atoms with Gasteiger partial charge in [-0.1, -0.05) is 82.7 Å². The number of nitrogens with zero attached hydrogens (tertiary/aromatic N) is 1. The van der Waals surface area contributed by atoms with E-state index in [1.165, 1.54) is 38.4 Å². The summed E-state index contributed by atoms with van der Waals surface area (Å²) in [4.78, 5) is 4.61. The van der Waals surface area contributed by atoms with Crippen LogP contribution < -0.4 is 0 Å². The SMILES string of the molecule is Brc1cccc(-c2cccc(-c3cccc4c3ccc3cccnc34)c2)c1. The molecule has 1 nitrogen and oxygen atoms in total. The zero-order chi connectivity index (χ0) is 18.2. The Morgan fingerprint density at radius 1 is 0.593 bits per heavy atom. The number of halogens is 1. The van der Waals surface area contributed by atoms with Gasteiger partial charge in [-0.15, -0.1) is 0 Å². The lowest BCUT2D eigenvalue weighted by Crippen LogP contribution is -1.86. The molecule has 0 atom stereocenters. The third-order valence-corrected chi connectivity index (χ3v) is 5.45. The Labute approximate surface area is 166 Å². The van der Waals surface area contributed by atoms with Crippen molar-refractivity contribution in [2.24, 2.45) is 0 Å². The van der Waals surface area contributed by atoms with Crippen molar-refractivity contribution in [2.45, 2.75) is 0 Å². The van der Waals surface area contributed by atoms with Crippen LogP contribution in [0.4, 0.5) is 0 Å². The van der Waals surface area contributed by atoms with Gasteiger partial charge >= 0.3 is 0 Å². The van der Waals surface area contributed by atoms with Crippen molar-refractivity contribution in [3.63, 3.8) is 0 Å². The lowest BCUT2D eigenvalue weighted by molar-refractivity contribution is 1.43. The lowest BCUT2D eigenvalue weighted by Gasteiger charge is -2.11. The molecule has 0 amide bonds. The molecular weight excluding hydrogens is 394 g/mol. The van der Waals surface area contributed by atoms with E-state index in [0.29, 0.717) is 0 Å². The van der Waals surface area contributed by atoms with E-state index in [2.05, 4.69) is 106 Å². The maximum atomic E-state index is 4.61. The van der Waals surface area contributed by atoms with Gasteiger partial charge in [0.1, 0.15) is 0 Å². The molecule has 0 saturated carbocycles.